The lowest BCUT2D eigenvalue weighted by molar-refractivity contribution is -0.139. The van der Waals surface area contributed by atoms with Gasteiger partial charge in [0, 0.05) is 12.1 Å². The molecule has 1 amide bonds. The monoisotopic (exact) mass is 478 g/mol. The lowest BCUT2D eigenvalue weighted by Gasteiger charge is -2.27. The van der Waals surface area contributed by atoms with Gasteiger partial charge in [-0.15, -0.1) is 0 Å². The minimum absolute atomic E-state index is 0.0219. The maximum Gasteiger partial charge on any atom is 0.295 e. The van der Waals surface area contributed by atoms with Gasteiger partial charge in [0.05, 0.1) is 18.2 Å². The van der Waals surface area contributed by atoms with Crippen molar-refractivity contribution in [2.24, 2.45) is 0 Å². The van der Waals surface area contributed by atoms with E-state index in [9.17, 15) is 14.7 Å². The summed E-state index contributed by atoms with van der Waals surface area (Å²) in [5.74, 6) is -0.654. The Morgan fingerprint density at radius 3 is 2.29 bits per heavy atom. The molecule has 0 aliphatic carbocycles. The number of Topliss-reactive ketones (excluding diaryl/α,β-unsaturated/α-hetero) is 1. The number of aryl methyl sites for hydroxylation is 1. The molecule has 0 bridgehead atoms. The van der Waals surface area contributed by atoms with E-state index in [1.165, 1.54) is 0 Å². The van der Waals surface area contributed by atoms with E-state index in [0.717, 1.165) is 35.4 Å². The number of ketones is 1. The number of carbonyl (C=O) groups excluding carboxylic acids is 2. The van der Waals surface area contributed by atoms with Crippen LogP contribution in [0.4, 0.5) is 0 Å². The smallest absolute Gasteiger partial charge is 0.295 e. The molecule has 188 valence electrons. The molecule has 2 aromatic rings. The highest BCUT2D eigenvalue weighted by Crippen LogP contribution is 2.40. The molecule has 1 aliphatic heterocycles. The van der Waals surface area contributed by atoms with Crippen molar-refractivity contribution in [1.82, 2.24) is 9.80 Å². The van der Waals surface area contributed by atoms with Crippen LogP contribution in [-0.2, 0) is 15.0 Å². The van der Waals surface area contributed by atoms with E-state index in [1.54, 1.807) is 23.1 Å². The predicted octanol–water partition coefficient (Wildman–Crippen LogP) is 5.06. The fraction of sp³-hybridized carbons (Fsp3) is 0.448. The number of aliphatic hydroxyl groups excluding tert-OH is 1. The van der Waals surface area contributed by atoms with Crippen molar-refractivity contribution in [3.8, 4) is 5.75 Å². The number of hydrogen-bond acceptors (Lipinski definition) is 5. The van der Waals surface area contributed by atoms with Crippen molar-refractivity contribution in [2.75, 3.05) is 33.8 Å². The van der Waals surface area contributed by atoms with Crippen LogP contribution < -0.4 is 4.74 Å². The Morgan fingerprint density at radius 2 is 1.74 bits per heavy atom. The molecular formula is C29H38N2O4. The number of benzene rings is 2. The summed E-state index contributed by atoms with van der Waals surface area (Å²) in [6, 6.07) is 12.7. The normalized spacial score (nSPS) is 17.9. The Labute approximate surface area is 209 Å². The second-order valence-electron chi connectivity index (χ2n) is 10.4. The van der Waals surface area contributed by atoms with Crippen molar-refractivity contribution in [3.63, 3.8) is 0 Å². The highest BCUT2D eigenvalue weighted by Gasteiger charge is 2.45. The standard InChI is InChI=1S/C29H38N2O4/c1-8-35-23-15-12-21(18-19(23)2)26(32)24-25(20-10-13-22(14-11-20)29(3,4)5)31(28(34)27(24)33)17-9-16-30(6)7/h10-15,18,25,32H,8-9,16-17H2,1-7H3. The van der Waals surface area contributed by atoms with Crippen LogP contribution in [0.5, 0.6) is 5.75 Å². The molecule has 1 saturated heterocycles. The van der Waals surface area contributed by atoms with E-state index in [1.807, 2.05) is 57.1 Å². The number of amides is 1. The first-order chi connectivity index (χ1) is 16.5. The van der Waals surface area contributed by atoms with Crippen LogP contribution in [0.1, 0.15) is 62.4 Å². The van der Waals surface area contributed by atoms with Gasteiger partial charge in [-0.2, -0.15) is 0 Å². The summed E-state index contributed by atoms with van der Waals surface area (Å²) in [4.78, 5) is 30.0. The van der Waals surface area contributed by atoms with E-state index in [2.05, 4.69) is 20.8 Å². The second kappa shape index (κ2) is 10.6. The minimum atomic E-state index is -0.649. The number of likely N-dealkylation sites (tertiary alicyclic amines) is 1. The lowest BCUT2D eigenvalue weighted by Crippen LogP contribution is -2.32. The maximum absolute atomic E-state index is 13.2. The third kappa shape index (κ3) is 5.76. The van der Waals surface area contributed by atoms with Crippen LogP contribution in [0, 0.1) is 6.92 Å². The maximum atomic E-state index is 13.2. The summed E-state index contributed by atoms with van der Waals surface area (Å²) >= 11 is 0. The quantitative estimate of drug-likeness (QED) is 0.326. The summed E-state index contributed by atoms with van der Waals surface area (Å²) < 4.78 is 5.61. The van der Waals surface area contributed by atoms with Crippen LogP contribution in [0.2, 0.25) is 0 Å². The Kier molecular flexibility index (Phi) is 8.06. The summed E-state index contributed by atoms with van der Waals surface area (Å²) in [5, 5.41) is 11.3. The highest BCUT2D eigenvalue weighted by atomic mass is 16.5. The average Bonchev–Trinajstić information content (AvgIpc) is 3.04. The van der Waals surface area contributed by atoms with Gasteiger partial charge in [-0.05, 0) is 81.2 Å². The van der Waals surface area contributed by atoms with Crippen LogP contribution >= 0.6 is 0 Å². The number of nitrogens with zero attached hydrogens (tertiary/aromatic N) is 2. The molecule has 1 unspecified atom stereocenters. The van der Waals surface area contributed by atoms with Crippen molar-refractivity contribution in [1.29, 1.82) is 0 Å². The van der Waals surface area contributed by atoms with Gasteiger partial charge in [0.15, 0.2) is 0 Å². The van der Waals surface area contributed by atoms with Crippen LogP contribution in [0.15, 0.2) is 48.0 Å². The Bertz CT molecular complexity index is 1110. The molecule has 0 saturated carbocycles. The first-order valence-electron chi connectivity index (χ1n) is 12.2. The number of ether oxygens (including phenoxy) is 1. The Balaban J connectivity index is 2.10. The zero-order valence-corrected chi connectivity index (χ0v) is 22.0. The average molecular weight is 479 g/mol. The van der Waals surface area contributed by atoms with Gasteiger partial charge < -0.3 is 19.6 Å². The van der Waals surface area contributed by atoms with Gasteiger partial charge in [0.25, 0.3) is 11.7 Å². The van der Waals surface area contributed by atoms with Crippen molar-refractivity contribution < 1.29 is 19.4 Å². The summed E-state index contributed by atoms with van der Waals surface area (Å²) in [5.41, 5.74) is 3.42. The van der Waals surface area contributed by atoms with Crippen LogP contribution in [0.3, 0.4) is 0 Å². The molecule has 0 radical (unpaired) electrons. The molecule has 1 heterocycles. The van der Waals surface area contributed by atoms with Gasteiger partial charge in [-0.1, -0.05) is 45.0 Å². The largest absolute Gasteiger partial charge is 0.507 e. The lowest BCUT2D eigenvalue weighted by atomic mass is 9.85. The van der Waals surface area contributed by atoms with E-state index in [0.29, 0.717) is 18.7 Å². The molecule has 2 aromatic carbocycles. The molecule has 1 atom stereocenters. The van der Waals surface area contributed by atoms with Gasteiger partial charge in [0.1, 0.15) is 11.5 Å². The first kappa shape index (κ1) is 26.5. The topological polar surface area (TPSA) is 70.1 Å². The van der Waals surface area contributed by atoms with Gasteiger partial charge in [-0.25, -0.2) is 0 Å². The molecule has 3 rings (SSSR count). The number of carbonyl (C=O) groups is 2. The molecule has 0 spiro atoms. The van der Waals surface area contributed by atoms with Crippen molar-refractivity contribution in [3.05, 3.63) is 70.3 Å². The van der Waals surface area contributed by atoms with E-state index >= 15 is 0 Å². The molecule has 0 aromatic heterocycles. The van der Waals surface area contributed by atoms with Gasteiger partial charge in [0.2, 0.25) is 0 Å². The fourth-order valence-electron chi connectivity index (χ4n) is 4.45. The zero-order chi connectivity index (χ0) is 25.9. The van der Waals surface area contributed by atoms with E-state index in [-0.39, 0.29) is 16.7 Å². The fourth-order valence-corrected chi connectivity index (χ4v) is 4.45. The minimum Gasteiger partial charge on any atom is -0.507 e. The second-order valence-corrected chi connectivity index (χ2v) is 10.4. The van der Waals surface area contributed by atoms with Crippen molar-refractivity contribution in [2.45, 2.75) is 52.5 Å². The van der Waals surface area contributed by atoms with Crippen LogP contribution in [-0.4, -0.2) is 60.4 Å². The first-order valence-corrected chi connectivity index (χ1v) is 12.2. The molecule has 6 heteroatoms. The van der Waals surface area contributed by atoms with Crippen molar-refractivity contribution >= 4 is 17.4 Å². The molecule has 35 heavy (non-hydrogen) atoms. The molecule has 1 aliphatic rings. The number of aliphatic hydroxyl groups is 1. The summed E-state index contributed by atoms with van der Waals surface area (Å²) in [6.07, 6.45) is 0.721. The third-order valence-electron chi connectivity index (χ3n) is 6.38. The summed E-state index contributed by atoms with van der Waals surface area (Å²) in [6.45, 7) is 12.0. The Hall–Kier alpha value is -3.12. The van der Waals surface area contributed by atoms with Gasteiger partial charge in [-0.3, -0.25) is 9.59 Å². The molecular weight excluding hydrogens is 440 g/mol. The molecule has 6 nitrogen and oxygen atoms in total. The zero-order valence-electron chi connectivity index (χ0n) is 22.0. The summed E-state index contributed by atoms with van der Waals surface area (Å²) in [7, 11) is 3.95. The van der Waals surface area contributed by atoms with E-state index < -0.39 is 17.7 Å². The highest BCUT2D eigenvalue weighted by molar-refractivity contribution is 6.46. The van der Waals surface area contributed by atoms with E-state index in [4.69, 9.17) is 4.74 Å². The number of rotatable bonds is 8. The SMILES string of the molecule is CCOc1ccc(C(O)=C2C(=O)C(=O)N(CCCN(C)C)C2c2ccc(C(C)(C)C)cc2)cc1C. The number of hydrogen-bond donors (Lipinski definition) is 1. The predicted molar refractivity (Wildman–Crippen MR) is 140 cm³/mol. The molecule has 1 fully saturated rings. The molecule has 1 N–H and O–H groups in total. The third-order valence-corrected chi connectivity index (χ3v) is 6.38. The Morgan fingerprint density at radius 1 is 1.09 bits per heavy atom. The van der Waals surface area contributed by atoms with Gasteiger partial charge >= 0.3 is 0 Å². The van der Waals surface area contributed by atoms with Crippen LogP contribution in [0.25, 0.3) is 5.76 Å².